The van der Waals surface area contributed by atoms with Crippen molar-refractivity contribution in [2.75, 3.05) is 0 Å². The van der Waals surface area contributed by atoms with Crippen LogP contribution in [0.25, 0.3) is 11.1 Å². The number of alkyl halides is 4. The van der Waals surface area contributed by atoms with Gasteiger partial charge in [0.05, 0.1) is 5.41 Å². The first-order valence-corrected chi connectivity index (χ1v) is 14.9. The zero-order valence-corrected chi connectivity index (χ0v) is 25.6. The molecule has 0 nitrogen and oxygen atoms in total. The van der Waals surface area contributed by atoms with Gasteiger partial charge in [-0.1, -0.05) is 95.5 Å². The van der Waals surface area contributed by atoms with Crippen molar-refractivity contribution in [3.8, 4) is 0 Å². The van der Waals surface area contributed by atoms with Crippen molar-refractivity contribution < 1.29 is 30.7 Å². The fourth-order valence-electron chi connectivity index (χ4n) is 6.48. The fourth-order valence-corrected chi connectivity index (χ4v) is 7.16. The van der Waals surface area contributed by atoms with Crippen LogP contribution in [0.4, 0.5) is 30.7 Å². The summed E-state index contributed by atoms with van der Waals surface area (Å²) < 4.78 is 113. The second kappa shape index (κ2) is 11.8. The Morgan fingerprint density at radius 1 is 0.543 bits per heavy atom. The molecule has 234 valence electrons. The summed E-state index contributed by atoms with van der Waals surface area (Å²) in [5, 5.41) is -3.89. The van der Waals surface area contributed by atoms with Gasteiger partial charge in [0, 0.05) is 21.7 Å². The fraction of sp³-hybridized carbons (Fsp3) is 0.111. The largest absolute Gasteiger partial charge is 0.257 e. The predicted octanol–water partition coefficient (Wildman–Crippen LogP) is 11.6. The first kappa shape index (κ1) is 32.2. The van der Waals surface area contributed by atoms with E-state index in [1.165, 1.54) is 66.7 Å². The molecule has 0 aliphatic heterocycles. The Bertz CT molecular complexity index is 1960. The number of benzene rings is 5. The minimum absolute atomic E-state index is 0.0246. The lowest BCUT2D eigenvalue weighted by molar-refractivity contribution is -0.0567. The van der Waals surface area contributed by atoms with E-state index in [-0.39, 0.29) is 26.7 Å². The van der Waals surface area contributed by atoms with Crippen LogP contribution in [-0.4, -0.2) is 11.3 Å². The summed E-state index contributed by atoms with van der Waals surface area (Å²) in [6.07, 6.45) is -3.15. The van der Waals surface area contributed by atoms with Crippen LogP contribution >= 0.6 is 34.8 Å². The molecule has 1 aliphatic rings. The van der Waals surface area contributed by atoms with Gasteiger partial charge in [-0.3, -0.25) is 0 Å². The Morgan fingerprint density at radius 3 is 1.76 bits per heavy atom. The zero-order chi connectivity index (χ0) is 33.0. The van der Waals surface area contributed by atoms with Crippen molar-refractivity contribution in [1.82, 2.24) is 0 Å². The highest BCUT2D eigenvalue weighted by molar-refractivity contribution is 6.31. The van der Waals surface area contributed by atoms with Gasteiger partial charge in [-0.25, -0.2) is 30.7 Å². The Balaban J connectivity index is 1.96. The molecular formula is C36H20Cl3F7. The maximum Gasteiger partial charge on any atom is 0.257 e. The molecule has 5 aromatic rings. The normalized spacial score (nSPS) is 24.7. The first-order valence-electron chi connectivity index (χ1n) is 13.8. The highest BCUT2D eigenvalue weighted by Crippen LogP contribution is 2.70. The highest BCUT2D eigenvalue weighted by Gasteiger charge is 2.75. The summed E-state index contributed by atoms with van der Waals surface area (Å²) in [5.74, 6) is -5.02. The standard InChI is InChI=1S/C36H20Cl3F7/c37-25-12-10-23(11-13-25)34(22-5-2-1-3-6-22)32(20-9-14-29(42)30(43)17-20)31(21-15-27(40)19-28(41)16-21)33(44)36(39,46)35(34,45)24-7-4-8-26(38)18-24/h1-19,33H. The van der Waals surface area contributed by atoms with E-state index in [4.69, 9.17) is 34.8 Å². The van der Waals surface area contributed by atoms with E-state index in [1.54, 1.807) is 6.07 Å². The molecule has 0 N–H and O–H groups in total. The molecule has 0 bridgehead atoms. The molecule has 4 unspecified atom stereocenters. The summed E-state index contributed by atoms with van der Waals surface area (Å²) in [7, 11) is 0. The van der Waals surface area contributed by atoms with Gasteiger partial charge in [0.1, 0.15) is 11.6 Å². The van der Waals surface area contributed by atoms with E-state index in [2.05, 4.69) is 0 Å². The molecule has 0 saturated heterocycles. The smallest absolute Gasteiger partial charge is 0.237 e. The molecule has 0 heterocycles. The van der Waals surface area contributed by atoms with Crippen molar-refractivity contribution in [3.05, 3.63) is 176 Å². The molecular weight excluding hydrogens is 672 g/mol. The van der Waals surface area contributed by atoms with E-state index in [0.29, 0.717) is 12.1 Å². The van der Waals surface area contributed by atoms with E-state index >= 15 is 17.6 Å². The van der Waals surface area contributed by atoms with Gasteiger partial charge in [-0.15, -0.1) is 0 Å². The Kier molecular flexibility index (Phi) is 8.24. The van der Waals surface area contributed by atoms with Crippen LogP contribution in [0.5, 0.6) is 0 Å². The molecule has 46 heavy (non-hydrogen) atoms. The number of rotatable bonds is 5. The average Bonchev–Trinajstić information content (AvgIpc) is 3.02. The monoisotopic (exact) mass is 690 g/mol. The summed E-state index contributed by atoms with van der Waals surface area (Å²) in [6, 6.07) is 22.2. The van der Waals surface area contributed by atoms with Gasteiger partial charge in [0.2, 0.25) is 5.67 Å². The third-order valence-corrected chi connectivity index (χ3v) is 9.22. The molecule has 6 rings (SSSR count). The lowest BCUT2D eigenvalue weighted by Gasteiger charge is -2.56. The molecule has 0 amide bonds. The van der Waals surface area contributed by atoms with Gasteiger partial charge in [-0.2, -0.15) is 0 Å². The van der Waals surface area contributed by atoms with Gasteiger partial charge in [0.25, 0.3) is 5.13 Å². The van der Waals surface area contributed by atoms with Crippen LogP contribution in [0.2, 0.25) is 10.0 Å². The molecule has 1 aliphatic carbocycles. The Morgan fingerprint density at radius 2 is 1.15 bits per heavy atom. The summed E-state index contributed by atoms with van der Waals surface area (Å²) in [6.45, 7) is 0. The Labute approximate surface area is 274 Å². The second-order valence-corrected chi connectivity index (χ2v) is 12.3. The van der Waals surface area contributed by atoms with Crippen molar-refractivity contribution in [3.63, 3.8) is 0 Å². The minimum Gasteiger partial charge on any atom is -0.237 e. The van der Waals surface area contributed by atoms with Gasteiger partial charge in [-0.05, 0) is 81.9 Å². The molecule has 0 spiro atoms. The van der Waals surface area contributed by atoms with Crippen molar-refractivity contribution in [2.24, 2.45) is 0 Å². The van der Waals surface area contributed by atoms with Crippen molar-refractivity contribution in [2.45, 2.75) is 22.4 Å². The topological polar surface area (TPSA) is 0 Å². The van der Waals surface area contributed by atoms with E-state index in [9.17, 15) is 13.2 Å². The lowest BCUT2D eigenvalue weighted by Crippen LogP contribution is -2.64. The maximum absolute atomic E-state index is 19.1. The molecule has 4 atom stereocenters. The summed E-state index contributed by atoms with van der Waals surface area (Å²) >= 11 is 19.0. The molecule has 0 saturated carbocycles. The van der Waals surface area contributed by atoms with E-state index in [0.717, 1.165) is 30.3 Å². The van der Waals surface area contributed by atoms with Crippen LogP contribution in [0, 0.1) is 23.3 Å². The SMILES string of the molecule is Fc1cc(F)cc(C2=C(c3ccc(F)c(F)c3)C(c3ccccc3)(c3ccc(Cl)cc3)C(F)(c3cccc(Cl)c3)C(F)(Cl)C2F)c1. The number of allylic oxidation sites excluding steroid dienone is 2. The average molecular weight is 692 g/mol. The van der Waals surface area contributed by atoms with Gasteiger partial charge < -0.3 is 0 Å². The Hall–Kier alpha value is -3.78. The van der Waals surface area contributed by atoms with Crippen LogP contribution in [0.3, 0.4) is 0 Å². The molecule has 0 fully saturated rings. The van der Waals surface area contributed by atoms with Crippen molar-refractivity contribution in [1.29, 1.82) is 0 Å². The first-order chi connectivity index (χ1) is 21.8. The van der Waals surface area contributed by atoms with Gasteiger partial charge >= 0.3 is 0 Å². The van der Waals surface area contributed by atoms with E-state index < -0.39 is 67.9 Å². The number of hydrogen-bond acceptors (Lipinski definition) is 0. The predicted molar refractivity (Wildman–Crippen MR) is 167 cm³/mol. The molecule has 0 radical (unpaired) electrons. The molecule has 5 aromatic carbocycles. The third kappa shape index (κ3) is 4.83. The van der Waals surface area contributed by atoms with Crippen LogP contribution in [-0.2, 0) is 11.1 Å². The van der Waals surface area contributed by atoms with Crippen LogP contribution in [0.15, 0.2) is 115 Å². The molecule has 10 heteroatoms. The minimum atomic E-state index is -4.03. The van der Waals surface area contributed by atoms with E-state index in [1.807, 2.05) is 0 Å². The number of halogens is 10. The highest BCUT2D eigenvalue weighted by atomic mass is 35.5. The van der Waals surface area contributed by atoms with Crippen LogP contribution in [0.1, 0.15) is 27.8 Å². The second-order valence-electron chi connectivity index (χ2n) is 10.9. The number of hydrogen-bond donors (Lipinski definition) is 0. The zero-order valence-electron chi connectivity index (χ0n) is 23.3. The summed E-state index contributed by atoms with van der Waals surface area (Å²) in [4.78, 5) is 0. The van der Waals surface area contributed by atoms with Gasteiger partial charge in [0.15, 0.2) is 17.8 Å². The van der Waals surface area contributed by atoms with Crippen LogP contribution < -0.4 is 0 Å². The van der Waals surface area contributed by atoms with Crippen molar-refractivity contribution >= 4 is 45.9 Å². The molecule has 0 aromatic heterocycles. The lowest BCUT2D eigenvalue weighted by atomic mass is 9.50. The summed E-state index contributed by atoms with van der Waals surface area (Å²) in [5.41, 5.74) is -8.99. The maximum atomic E-state index is 19.1. The quantitative estimate of drug-likeness (QED) is 0.127. The third-order valence-electron chi connectivity index (χ3n) is 8.28.